The summed E-state index contributed by atoms with van der Waals surface area (Å²) in [7, 11) is 1.43. The van der Waals surface area contributed by atoms with Crippen molar-refractivity contribution in [2.75, 3.05) is 13.7 Å². The third-order valence-corrected chi connectivity index (χ3v) is 4.41. The number of hydrogen-bond donors (Lipinski definition) is 0. The monoisotopic (exact) mass is 370 g/mol. The van der Waals surface area contributed by atoms with Gasteiger partial charge in [-0.3, -0.25) is 4.79 Å². The van der Waals surface area contributed by atoms with E-state index in [1.165, 1.54) is 18.2 Å². The van der Waals surface area contributed by atoms with Crippen molar-refractivity contribution in [3.8, 4) is 0 Å². The molecule has 0 aliphatic rings. The zero-order valence-corrected chi connectivity index (χ0v) is 16.1. The quantitative estimate of drug-likeness (QED) is 0.371. The second kappa shape index (κ2) is 13.1. The van der Waals surface area contributed by atoms with Crippen molar-refractivity contribution in [2.45, 2.75) is 51.4 Å². The number of carbonyl (C=O) groups excluding carboxylic acids is 1. The molecular weight excluding hydrogens is 340 g/mol. The molecule has 0 heterocycles. The Morgan fingerprint density at radius 1 is 0.852 bits per heavy atom. The van der Waals surface area contributed by atoms with E-state index >= 15 is 0 Å². The van der Waals surface area contributed by atoms with Gasteiger partial charge in [0.15, 0.2) is 0 Å². The number of methoxy groups -OCH3 is 1. The molecule has 0 radical (unpaired) electrons. The van der Waals surface area contributed by atoms with Crippen molar-refractivity contribution in [3.05, 3.63) is 71.8 Å². The molecule has 2 rings (SSSR count). The Hall–Kier alpha value is -2.17. The fraction of sp³-hybridized carbons (Fsp3) is 0.435. The van der Waals surface area contributed by atoms with Crippen molar-refractivity contribution < 1.29 is 19.0 Å². The molecule has 0 aromatic heterocycles. The van der Waals surface area contributed by atoms with E-state index in [9.17, 15) is 4.79 Å². The molecule has 0 fully saturated rings. The molecule has 0 spiro atoms. The molecule has 1 atom stereocenters. The molecule has 0 saturated heterocycles. The van der Waals surface area contributed by atoms with Gasteiger partial charge >= 0.3 is 5.97 Å². The highest BCUT2D eigenvalue weighted by molar-refractivity contribution is 5.68. The molecule has 0 amide bonds. The minimum absolute atomic E-state index is 0.124. The Morgan fingerprint density at radius 3 is 2.11 bits per heavy atom. The van der Waals surface area contributed by atoms with E-state index in [-0.39, 0.29) is 12.1 Å². The SMILES string of the molecule is COC(=O)CCCCC(CCOCc1ccccc1)OCc1ccccc1. The first-order chi connectivity index (χ1) is 13.3. The maximum Gasteiger partial charge on any atom is 0.305 e. The highest BCUT2D eigenvalue weighted by atomic mass is 16.5. The van der Waals surface area contributed by atoms with Crippen LogP contribution in [0.1, 0.15) is 43.2 Å². The Labute approximate surface area is 162 Å². The molecule has 146 valence electrons. The van der Waals surface area contributed by atoms with Crippen LogP contribution in [-0.2, 0) is 32.2 Å². The lowest BCUT2D eigenvalue weighted by Gasteiger charge is -2.18. The Bertz CT molecular complexity index is 627. The summed E-state index contributed by atoms with van der Waals surface area (Å²) < 4.78 is 16.6. The first-order valence-electron chi connectivity index (χ1n) is 9.62. The zero-order valence-electron chi connectivity index (χ0n) is 16.1. The van der Waals surface area contributed by atoms with E-state index < -0.39 is 0 Å². The van der Waals surface area contributed by atoms with Gasteiger partial charge in [0.1, 0.15) is 0 Å². The second-order valence-electron chi connectivity index (χ2n) is 6.57. The molecule has 0 aliphatic heterocycles. The first-order valence-corrected chi connectivity index (χ1v) is 9.62. The van der Waals surface area contributed by atoms with Gasteiger partial charge < -0.3 is 14.2 Å². The minimum atomic E-state index is -0.150. The summed E-state index contributed by atoms with van der Waals surface area (Å²) in [6.45, 7) is 1.88. The Morgan fingerprint density at radius 2 is 1.48 bits per heavy atom. The van der Waals surface area contributed by atoms with Gasteiger partial charge in [-0.1, -0.05) is 67.1 Å². The van der Waals surface area contributed by atoms with Crippen LogP contribution in [0.5, 0.6) is 0 Å². The van der Waals surface area contributed by atoms with Gasteiger partial charge in [0.25, 0.3) is 0 Å². The molecule has 4 heteroatoms. The normalized spacial score (nSPS) is 11.9. The van der Waals surface area contributed by atoms with Crippen molar-refractivity contribution in [3.63, 3.8) is 0 Å². The van der Waals surface area contributed by atoms with Crippen LogP contribution in [-0.4, -0.2) is 25.8 Å². The summed E-state index contributed by atoms with van der Waals surface area (Å²) in [5, 5.41) is 0. The highest BCUT2D eigenvalue weighted by Gasteiger charge is 2.11. The van der Waals surface area contributed by atoms with Gasteiger partial charge in [0, 0.05) is 13.0 Å². The summed E-state index contributed by atoms with van der Waals surface area (Å²) in [6.07, 6.45) is 4.11. The average Bonchev–Trinajstić information content (AvgIpc) is 2.73. The number of carbonyl (C=O) groups is 1. The smallest absolute Gasteiger partial charge is 0.305 e. The summed E-state index contributed by atoms with van der Waals surface area (Å²) in [4.78, 5) is 11.2. The van der Waals surface area contributed by atoms with E-state index in [0.29, 0.717) is 26.2 Å². The van der Waals surface area contributed by atoms with Crippen LogP contribution in [0, 0.1) is 0 Å². The van der Waals surface area contributed by atoms with E-state index in [2.05, 4.69) is 24.3 Å². The molecule has 0 bridgehead atoms. The van der Waals surface area contributed by atoms with E-state index in [1.807, 2.05) is 36.4 Å². The van der Waals surface area contributed by atoms with Crippen LogP contribution < -0.4 is 0 Å². The third kappa shape index (κ3) is 9.36. The first kappa shape index (κ1) is 21.1. The van der Waals surface area contributed by atoms with Crippen LogP contribution >= 0.6 is 0 Å². The maximum absolute atomic E-state index is 11.2. The number of rotatable bonds is 13. The minimum Gasteiger partial charge on any atom is -0.469 e. The Balaban J connectivity index is 1.72. The third-order valence-electron chi connectivity index (χ3n) is 4.41. The van der Waals surface area contributed by atoms with Crippen LogP contribution in [0.25, 0.3) is 0 Å². The van der Waals surface area contributed by atoms with Crippen LogP contribution in [0.3, 0.4) is 0 Å². The molecule has 2 aromatic carbocycles. The number of esters is 1. The molecule has 0 saturated carbocycles. The van der Waals surface area contributed by atoms with Gasteiger partial charge in [-0.15, -0.1) is 0 Å². The Kier molecular flexibility index (Phi) is 10.2. The van der Waals surface area contributed by atoms with E-state index in [4.69, 9.17) is 14.2 Å². The summed E-state index contributed by atoms with van der Waals surface area (Å²) >= 11 is 0. The lowest BCUT2D eigenvalue weighted by Crippen LogP contribution is -2.16. The molecular formula is C23H30O4. The van der Waals surface area contributed by atoms with Gasteiger partial charge in [0.2, 0.25) is 0 Å². The van der Waals surface area contributed by atoms with Gasteiger partial charge in [-0.2, -0.15) is 0 Å². The van der Waals surface area contributed by atoms with Gasteiger partial charge in [-0.25, -0.2) is 0 Å². The summed E-state index contributed by atoms with van der Waals surface area (Å²) in [5.74, 6) is -0.150. The average molecular weight is 370 g/mol. The molecule has 1 unspecified atom stereocenters. The maximum atomic E-state index is 11.2. The molecule has 0 aliphatic carbocycles. The van der Waals surface area contributed by atoms with Crippen LogP contribution in [0.15, 0.2) is 60.7 Å². The van der Waals surface area contributed by atoms with Crippen LogP contribution in [0.4, 0.5) is 0 Å². The molecule has 4 nitrogen and oxygen atoms in total. The number of hydrogen-bond acceptors (Lipinski definition) is 4. The fourth-order valence-corrected chi connectivity index (χ4v) is 2.82. The molecule has 27 heavy (non-hydrogen) atoms. The largest absolute Gasteiger partial charge is 0.469 e. The fourth-order valence-electron chi connectivity index (χ4n) is 2.82. The lowest BCUT2D eigenvalue weighted by atomic mass is 10.1. The second-order valence-corrected chi connectivity index (χ2v) is 6.57. The predicted molar refractivity (Wildman–Crippen MR) is 106 cm³/mol. The zero-order chi connectivity index (χ0) is 19.2. The van der Waals surface area contributed by atoms with Crippen LogP contribution in [0.2, 0.25) is 0 Å². The molecule has 2 aromatic rings. The number of benzene rings is 2. The van der Waals surface area contributed by atoms with Crippen molar-refractivity contribution >= 4 is 5.97 Å². The van der Waals surface area contributed by atoms with E-state index in [0.717, 1.165) is 25.7 Å². The number of ether oxygens (including phenoxy) is 3. The summed E-state index contributed by atoms with van der Waals surface area (Å²) in [5.41, 5.74) is 2.35. The standard InChI is InChI=1S/C23H30O4/c1-25-23(24)15-9-8-14-22(27-19-21-12-6-3-7-13-21)16-17-26-18-20-10-4-2-5-11-20/h2-7,10-13,22H,8-9,14-19H2,1H3. The van der Waals surface area contributed by atoms with Crippen molar-refractivity contribution in [1.29, 1.82) is 0 Å². The van der Waals surface area contributed by atoms with E-state index in [1.54, 1.807) is 0 Å². The molecule has 0 N–H and O–H groups in total. The topological polar surface area (TPSA) is 44.8 Å². The van der Waals surface area contributed by atoms with Gasteiger partial charge in [0.05, 0.1) is 26.4 Å². The number of unbranched alkanes of at least 4 members (excludes halogenated alkanes) is 1. The predicted octanol–water partition coefficient (Wildman–Crippen LogP) is 4.91. The summed E-state index contributed by atoms with van der Waals surface area (Å²) in [6, 6.07) is 20.4. The highest BCUT2D eigenvalue weighted by Crippen LogP contribution is 2.14. The lowest BCUT2D eigenvalue weighted by molar-refractivity contribution is -0.140. The van der Waals surface area contributed by atoms with Crippen molar-refractivity contribution in [1.82, 2.24) is 0 Å². The van der Waals surface area contributed by atoms with Crippen molar-refractivity contribution in [2.24, 2.45) is 0 Å². The van der Waals surface area contributed by atoms with Gasteiger partial charge in [-0.05, 0) is 30.4 Å².